The Labute approximate surface area is 117 Å². The average molecular weight is 270 g/mol. The summed E-state index contributed by atoms with van der Waals surface area (Å²) in [6.07, 6.45) is 4.08. The van der Waals surface area contributed by atoms with Gasteiger partial charge >= 0.3 is 5.97 Å². The van der Waals surface area contributed by atoms with Crippen molar-refractivity contribution in [1.82, 2.24) is 10.2 Å². The van der Waals surface area contributed by atoms with Crippen LogP contribution in [0.5, 0.6) is 0 Å². The second kappa shape index (κ2) is 7.25. The van der Waals surface area contributed by atoms with Gasteiger partial charge in [0.25, 0.3) is 0 Å². The molecule has 2 N–H and O–H groups in total. The minimum atomic E-state index is -0.774. The summed E-state index contributed by atoms with van der Waals surface area (Å²) in [5.74, 6) is -0.0496. The quantitative estimate of drug-likeness (QED) is 0.640. The van der Waals surface area contributed by atoms with E-state index in [9.17, 15) is 9.90 Å². The number of hydrogen-bond acceptors (Lipinski definition) is 3. The van der Waals surface area contributed by atoms with E-state index in [0.29, 0.717) is 18.4 Å². The van der Waals surface area contributed by atoms with Gasteiger partial charge in [0.05, 0.1) is 0 Å². The van der Waals surface area contributed by atoms with E-state index < -0.39 is 11.5 Å². The van der Waals surface area contributed by atoms with Gasteiger partial charge in [-0.25, -0.2) is 0 Å². The highest BCUT2D eigenvalue weighted by Crippen LogP contribution is 2.24. The van der Waals surface area contributed by atoms with Gasteiger partial charge in [0.2, 0.25) is 0 Å². The van der Waals surface area contributed by atoms with Gasteiger partial charge in [-0.3, -0.25) is 10.1 Å². The summed E-state index contributed by atoms with van der Waals surface area (Å²) in [5.41, 5.74) is -0.774. The van der Waals surface area contributed by atoms with Crippen LogP contribution in [0.4, 0.5) is 0 Å². The van der Waals surface area contributed by atoms with Gasteiger partial charge in [0.1, 0.15) is 5.54 Å². The molecule has 1 aliphatic carbocycles. The molecule has 0 amide bonds. The molecule has 19 heavy (non-hydrogen) atoms. The molecule has 0 aromatic rings. The summed E-state index contributed by atoms with van der Waals surface area (Å²) in [4.78, 5) is 13.8. The fraction of sp³-hybridized carbons (Fsp3) is 0.933. The lowest BCUT2D eigenvalue weighted by molar-refractivity contribution is -0.144. The van der Waals surface area contributed by atoms with Crippen molar-refractivity contribution in [2.24, 2.45) is 5.92 Å². The Morgan fingerprint density at radius 1 is 1.47 bits per heavy atom. The molecule has 112 valence electrons. The first-order valence-corrected chi connectivity index (χ1v) is 7.64. The maximum absolute atomic E-state index is 11.5. The third-order valence-corrected chi connectivity index (χ3v) is 4.21. The molecular weight excluding hydrogens is 240 g/mol. The minimum absolute atomic E-state index is 0.422. The third kappa shape index (κ3) is 5.49. The molecule has 2 atom stereocenters. The third-order valence-electron chi connectivity index (χ3n) is 4.21. The highest BCUT2D eigenvalue weighted by molar-refractivity contribution is 5.78. The van der Waals surface area contributed by atoms with E-state index in [0.717, 1.165) is 32.5 Å². The summed E-state index contributed by atoms with van der Waals surface area (Å²) >= 11 is 0. The molecule has 1 rings (SSSR count). The topological polar surface area (TPSA) is 52.6 Å². The highest BCUT2D eigenvalue weighted by Gasteiger charge is 2.38. The fourth-order valence-corrected chi connectivity index (χ4v) is 2.25. The van der Waals surface area contributed by atoms with Crippen molar-refractivity contribution in [2.75, 3.05) is 19.6 Å². The smallest absolute Gasteiger partial charge is 0.323 e. The molecule has 0 bridgehead atoms. The first-order valence-electron chi connectivity index (χ1n) is 7.64. The number of rotatable bonds is 10. The van der Waals surface area contributed by atoms with Crippen LogP contribution in [0.1, 0.15) is 53.4 Å². The molecule has 4 heteroatoms. The Hall–Kier alpha value is -0.610. The zero-order valence-electron chi connectivity index (χ0n) is 12.9. The van der Waals surface area contributed by atoms with Crippen molar-refractivity contribution in [3.63, 3.8) is 0 Å². The second-order valence-electron chi connectivity index (χ2n) is 6.21. The predicted molar refractivity (Wildman–Crippen MR) is 78.4 cm³/mol. The lowest BCUT2D eigenvalue weighted by Crippen LogP contribution is -2.52. The van der Waals surface area contributed by atoms with E-state index in [1.54, 1.807) is 0 Å². The van der Waals surface area contributed by atoms with Crippen LogP contribution in [0.15, 0.2) is 0 Å². The molecule has 0 heterocycles. The van der Waals surface area contributed by atoms with Crippen molar-refractivity contribution in [1.29, 1.82) is 0 Å². The molecule has 0 aliphatic heterocycles. The molecule has 0 aromatic heterocycles. The summed E-state index contributed by atoms with van der Waals surface area (Å²) in [6, 6.07) is 0.422. The van der Waals surface area contributed by atoms with Crippen molar-refractivity contribution in [3.8, 4) is 0 Å². The molecule has 2 unspecified atom stereocenters. The van der Waals surface area contributed by atoms with Gasteiger partial charge in [-0.2, -0.15) is 0 Å². The first-order chi connectivity index (χ1) is 8.91. The van der Waals surface area contributed by atoms with Crippen LogP contribution in [0.3, 0.4) is 0 Å². The zero-order chi connectivity index (χ0) is 14.5. The summed E-state index contributed by atoms with van der Waals surface area (Å²) < 4.78 is 0. The number of carboxylic acid groups (broad SMARTS) is 1. The van der Waals surface area contributed by atoms with Gasteiger partial charge in [0.15, 0.2) is 0 Å². The zero-order valence-corrected chi connectivity index (χ0v) is 12.9. The Kier molecular flexibility index (Phi) is 6.27. The van der Waals surface area contributed by atoms with Crippen molar-refractivity contribution >= 4 is 5.97 Å². The number of hydrogen-bond donors (Lipinski definition) is 2. The molecule has 0 radical (unpaired) electrons. The summed E-state index contributed by atoms with van der Waals surface area (Å²) in [7, 11) is 0. The van der Waals surface area contributed by atoms with Crippen molar-refractivity contribution < 1.29 is 9.90 Å². The molecular formula is C15H30N2O2. The monoisotopic (exact) mass is 270 g/mol. The summed E-state index contributed by atoms with van der Waals surface area (Å²) in [6.45, 7) is 11.3. The van der Waals surface area contributed by atoms with Crippen LogP contribution in [0.25, 0.3) is 0 Å². The van der Waals surface area contributed by atoms with E-state index >= 15 is 0 Å². The first kappa shape index (κ1) is 16.4. The van der Waals surface area contributed by atoms with Crippen LogP contribution < -0.4 is 5.32 Å². The van der Waals surface area contributed by atoms with Gasteiger partial charge in [0, 0.05) is 19.1 Å². The number of aliphatic carboxylic acids is 1. The largest absolute Gasteiger partial charge is 0.480 e. The lowest BCUT2D eigenvalue weighted by atomic mass is 9.97. The Morgan fingerprint density at radius 3 is 2.53 bits per heavy atom. The Bertz CT molecular complexity index is 292. The minimum Gasteiger partial charge on any atom is -0.480 e. The maximum Gasteiger partial charge on any atom is 0.323 e. The lowest BCUT2D eigenvalue weighted by Gasteiger charge is -2.31. The number of nitrogens with one attached hydrogen (secondary N) is 1. The van der Waals surface area contributed by atoms with Crippen LogP contribution in [-0.4, -0.2) is 47.2 Å². The predicted octanol–water partition coefficient (Wildman–Crippen LogP) is 2.34. The van der Waals surface area contributed by atoms with Crippen molar-refractivity contribution in [2.45, 2.75) is 65.0 Å². The summed E-state index contributed by atoms with van der Waals surface area (Å²) in [5, 5.41) is 12.7. The highest BCUT2D eigenvalue weighted by atomic mass is 16.4. The molecule has 0 spiro atoms. The van der Waals surface area contributed by atoms with Gasteiger partial charge < -0.3 is 10.0 Å². The fourth-order valence-electron chi connectivity index (χ4n) is 2.25. The Balaban J connectivity index is 2.46. The van der Waals surface area contributed by atoms with Crippen LogP contribution in [0.2, 0.25) is 0 Å². The SMILES string of the molecule is CCC(C)CN(CC)CCC(C)(NC1CC1)C(=O)O. The van der Waals surface area contributed by atoms with Crippen LogP contribution in [0, 0.1) is 5.92 Å². The van der Waals surface area contributed by atoms with Gasteiger partial charge in [-0.1, -0.05) is 27.2 Å². The van der Waals surface area contributed by atoms with Crippen LogP contribution >= 0.6 is 0 Å². The molecule has 1 aliphatic rings. The molecule has 1 fully saturated rings. The normalized spacial score (nSPS) is 20.3. The van der Waals surface area contributed by atoms with Crippen molar-refractivity contribution in [3.05, 3.63) is 0 Å². The molecule has 4 nitrogen and oxygen atoms in total. The number of nitrogens with zero attached hydrogens (tertiary/aromatic N) is 1. The van der Waals surface area contributed by atoms with Gasteiger partial charge in [-0.05, 0) is 38.6 Å². The average Bonchev–Trinajstić information content (AvgIpc) is 3.17. The van der Waals surface area contributed by atoms with E-state index in [2.05, 4.69) is 31.0 Å². The second-order valence-corrected chi connectivity index (χ2v) is 6.21. The Morgan fingerprint density at radius 2 is 2.11 bits per heavy atom. The molecule has 0 saturated heterocycles. The van der Waals surface area contributed by atoms with E-state index in [-0.39, 0.29) is 0 Å². The maximum atomic E-state index is 11.5. The number of carboxylic acids is 1. The molecule has 1 saturated carbocycles. The van der Waals surface area contributed by atoms with E-state index in [1.165, 1.54) is 6.42 Å². The van der Waals surface area contributed by atoms with Crippen LogP contribution in [-0.2, 0) is 4.79 Å². The van der Waals surface area contributed by atoms with E-state index in [4.69, 9.17) is 0 Å². The standard InChI is InChI=1S/C15H30N2O2/c1-5-12(3)11-17(6-2)10-9-15(4,14(18)19)16-13-7-8-13/h12-13,16H,5-11H2,1-4H3,(H,18,19). The van der Waals surface area contributed by atoms with Gasteiger partial charge in [-0.15, -0.1) is 0 Å². The number of carbonyl (C=O) groups is 1. The van der Waals surface area contributed by atoms with E-state index in [1.807, 2.05) is 6.92 Å². The molecule has 0 aromatic carbocycles.